The Labute approximate surface area is 210 Å². The quantitative estimate of drug-likeness (QED) is 0.284. The summed E-state index contributed by atoms with van der Waals surface area (Å²) in [6.45, 7) is 0.505. The second-order valence-corrected chi connectivity index (χ2v) is 10.8. The minimum atomic E-state index is -0.346. The maximum absolute atomic E-state index is 13.8. The maximum Gasteiger partial charge on any atom is 0.322 e. The van der Waals surface area contributed by atoms with E-state index in [1.54, 1.807) is 12.1 Å². The van der Waals surface area contributed by atoms with Gasteiger partial charge in [-0.25, -0.2) is 9.18 Å². The summed E-state index contributed by atoms with van der Waals surface area (Å²) in [6.07, 6.45) is 6.65. The molecule has 0 spiro atoms. The number of thiophene rings is 1. The van der Waals surface area contributed by atoms with Crippen molar-refractivity contribution < 1.29 is 9.18 Å². The van der Waals surface area contributed by atoms with Crippen molar-refractivity contribution in [2.45, 2.75) is 38.3 Å². The van der Waals surface area contributed by atoms with Gasteiger partial charge in [0.1, 0.15) is 10.8 Å². The summed E-state index contributed by atoms with van der Waals surface area (Å²) in [5, 5.41) is 4.30. The second kappa shape index (κ2) is 8.71. The lowest BCUT2D eigenvalue weighted by molar-refractivity contribution is 0.194. The topological polar surface area (TPSA) is 37.3 Å². The van der Waals surface area contributed by atoms with E-state index in [2.05, 4.69) is 38.1 Å². The highest BCUT2D eigenvalue weighted by Gasteiger charge is 2.36. The number of aromatic nitrogens is 1. The summed E-state index contributed by atoms with van der Waals surface area (Å²) in [4.78, 5) is 17.2. The normalized spacial score (nSPS) is 16.9. The van der Waals surface area contributed by atoms with Crippen molar-refractivity contribution in [3.63, 3.8) is 0 Å². The molecule has 2 aromatic carbocycles. The second-order valence-electron chi connectivity index (χ2n) is 8.82. The third-order valence-electron chi connectivity index (χ3n) is 6.70. The number of carbonyl (C=O) groups is 1. The standard InChI is InChI=1S/C27H23BrFN3OS/c28-18-5-3-6-20(15-18)30-27(33)32-16-22-21-7-1-2-9-24(21)34-26(22)31-14-4-8-23(31)25(32)17-10-12-19(29)13-11-17/h3-6,8,10-15,25H,1-2,7,9,16H2,(H,30,33)/t25-/m0/s1. The molecular weight excluding hydrogens is 513 g/mol. The Bertz CT molecular complexity index is 1380. The molecule has 2 aromatic heterocycles. The van der Waals surface area contributed by atoms with Gasteiger partial charge >= 0.3 is 6.03 Å². The van der Waals surface area contributed by atoms with Gasteiger partial charge in [-0.15, -0.1) is 11.3 Å². The van der Waals surface area contributed by atoms with Crippen LogP contribution in [0.15, 0.2) is 71.3 Å². The molecule has 172 valence electrons. The first-order valence-corrected chi connectivity index (χ1v) is 13.1. The predicted octanol–water partition coefficient (Wildman–Crippen LogP) is 7.46. The summed E-state index contributed by atoms with van der Waals surface area (Å²) in [7, 11) is 0. The van der Waals surface area contributed by atoms with Crippen LogP contribution in [0.2, 0.25) is 0 Å². The summed E-state index contributed by atoms with van der Waals surface area (Å²) in [5.74, 6) is -0.286. The van der Waals surface area contributed by atoms with Crippen LogP contribution in [0.25, 0.3) is 5.00 Å². The van der Waals surface area contributed by atoms with Crippen LogP contribution in [0.1, 0.15) is 46.1 Å². The number of carbonyl (C=O) groups excluding carboxylic acids is 1. The molecule has 0 radical (unpaired) electrons. The first kappa shape index (κ1) is 21.6. The van der Waals surface area contributed by atoms with E-state index < -0.39 is 0 Å². The first-order valence-electron chi connectivity index (χ1n) is 11.5. The van der Waals surface area contributed by atoms with Crippen LogP contribution in [-0.4, -0.2) is 15.5 Å². The monoisotopic (exact) mass is 535 g/mol. The van der Waals surface area contributed by atoms with Gasteiger partial charge in [-0.1, -0.05) is 34.1 Å². The molecule has 6 rings (SSSR count). The van der Waals surface area contributed by atoms with Gasteiger partial charge in [0, 0.05) is 26.8 Å². The lowest BCUT2D eigenvalue weighted by Crippen LogP contribution is -2.38. The number of hydrogen-bond acceptors (Lipinski definition) is 2. The summed E-state index contributed by atoms with van der Waals surface area (Å²) in [5.41, 5.74) is 5.27. The molecule has 2 aliphatic rings. The van der Waals surface area contributed by atoms with Crippen LogP contribution in [-0.2, 0) is 19.4 Å². The third kappa shape index (κ3) is 3.77. The van der Waals surface area contributed by atoms with Crippen LogP contribution in [0.3, 0.4) is 0 Å². The number of nitrogens with zero attached hydrogens (tertiary/aromatic N) is 2. The van der Waals surface area contributed by atoms with Gasteiger partial charge in [0.15, 0.2) is 0 Å². The molecule has 1 N–H and O–H groups in total. The Balaban J connectivity index is 1.50. The Morgan fingerprint density at radius 2 is 1.85 bits per heavy atom. The zero-order valence-corrected chi connectivity index (χ0v) is 20.8. The maximum atomic E-state index is 13.8. The number of rotatable bonds is 2. The zero-order chi connectivity index (χ0) is 23.2. The fourth-order valence-electron chi connectivity index (χ4n) is 5.14. The first-order chi connectivity index (χ1) is 16.6. The van der Waals surface area contributed by atoms with Crippen molar-refractivity contribution >= 4 is 39.0 Å². The van der Waals surface area contributed by atoms with Gasteiger partial charge in [-0.2, -0.15) is 0 Å². The van der Waals surface area contributed by atoms with Crippen LogP contribution in [0.5, 0.6) is 0 Å². The average Bonchev–Trinajstić information content (AvgIpc) is 3.42. The average molecular weight is 536 g/mol. The number of halogens is 2. The molecule has 4 nitrogen and oxygen atoms in total. The van der Waals surface area contributed by atoms with Crippen molar-refractivity contribution in [2.75, 3.05) is 5.32 Å². The van der Waals surface area contributed by atoms with Gasteiger partial charge in [0.2, 0.25) is 0 Å². The number of nitrogens with one attached hydrogen (secondary N) is 1. The van der Waals surface area contributed by atoms with E-state index in [1.807, 2.05) is 46.6 Å². The molecule has 1 atom stereocenters. The van der Waals surface area contributed by atoms with Gasteiger partial charge < -0.3 is 14.8 Å². The number of hydrogen-bond donors (Lipinski definition) is 1. The molecule has 2 amide bonds. The Kier molecular flexibility index (Phi) is 5.54. The van der Waals surface area contributed by atoms with E-state index in [-0.39, 0.29) is 17.9 Å². The van der Waals surface area contributed by atoms with E-state index in [1.165, 1.54) is 46.0 Å². The minimum absolute atomic E-state index is 0.177. The van der Waals surface area contributed by atoms with Crippen molar-refractivity contribution in [1.82, 2.24) is 9.47 Å². The van der Waals surface area contributed by atoms with Crippen molar-refractivity contribution in [3.8, 4) is 5.00 Å². The predicted molar refractivity (Wildman–Crippen MR) is 137 cm³/mol. The van der Waals surface area contributed by atoms with E-state index in [0.717, 1.165) is 34.3 Å². The Morgan fingerprint density at radius 1 is 1.03 bits per heavy atom. The van der Waals surface area contributed by atoms with Crippen LogP contribution >= 0.6 is 27.3 Å². The highest BCUT2D eigenvalue weighted by atomic mass is 79.9. The van der Waals surface area contributed by atoms with Crippen LogP contribution < -0.4 is 5.32 Å². The minimum Gasteiger partial charge on any atom is -0.310 e. The van der Waals surface area contributed by atoms with Gasteiger partial charge in [0.25, 0.3) is 0 Å². The number of anilines is 1. The number of fused-ring (bicyclic) bond motifs is 5. The van der Waals surface area contributed by atoms with Gasteiger partial charge in [0.05, 0.1) is 18.3 Å². The molecule has 0 fully saturated rings. The fraction of sp³-hybridized carbons (Fsp3) is 0.222. The summed E-state index contributed by atoms with van der Waals surface area (Å²) < 4.78 is 16.9. The molecule has 34 heavy (non-hydrogen) atoms. The van der Waals surface area contributed by atoms with Gasteiger partial charge in [-0.05, 0) is 79.3 Å². The molecule has 7 heteroatoms. The Morgan fingerprint density at radius 3 is 2.68 bits per heavy atom. The molecule has 0 unspecified atom stereocenters. The van der Waals surface area contributed by atoms with Crippen molar-refractivity contribution in [3.05, 3.63) is 104 Å². The van der Waals surface area contributed by atoms with E-state index >= 15 is 0 Å². The Hall–Kier alpha value is -2.90. The number of benzene rings is 2. The lowest BCUT2D eigenvalue weighted by Gasteiger charge is -2.31. The SMILES string of the molecule is O=C(Nc1cccc(Br)c1)N1Cc2c(sc3c2CCCC3)-n2cccc2[C@@H]1c1ccc(F)cc1. The largest absolute Gasteiger partial charge is 0.322 e. The fourth-order valence-corrected chi connectivity index (χ4v) is 6.95. The third-order valence-corrected chi connectivity index (χ3v) is 8.53. The molecule has 1 aliphatic carbocycles. The van der Waals surface area contributed by atoms with E-state index in [4.69, 9.17) is 0 Å². The summed E-state index contributed by atoms with van der Waals surface area (Å²) >= 11 is 5.34. The molecule has 0 saturated heterocycles. The van der Waals surface area contributed by atoms with Crippen LogP contribution in [0.4, 0.5) is 14.9 Å². The van der Waals surface area contributed by atoms with E-state index in [0.29, 0.717) is 6.54 Å². The van der Waals surface area contributed by atoms with Crippen LogP contribution in [0, 0.1) is 5.82 Å². The number of amides is 2. The molecule has 3 heterocycles. The lowest BCUT2D eigenvalue weighted by atomic mass is 9.95. The smallest absolute Gasteiger partial charge is 0.310 e. The molecule has 0 bridgehead atoms. The van der Waals surface area contributed by atoms with Crippen molar-refractivity contribution in [1.29, 1.82) is 0 Å². The number of urea groups is 1. The van der Waals surface area contributed by atoms with Crippen molar-refractivity contribution in [2.24, 2.45) is 0 Å². The summed E-state index contributed by atoms with van der Waals surface area (Å²) in [6, 6.07) is 17.7. The highest BCUT2D eigenvalue weighted by molar-refractivity contribution is 9.10. The molecule has 0 saturated carbocycles. The van der Waals surface area contributed by atoms with Gasteiger partial charge in [-0.3, -0.25) is 0 Å². The van der Waals surface area contributed by atoms with E-state index in [9.17, 15) is 9.18 Å². The molecule has 4 aromatic rings. The highest BCUT2D eigenvalue weighted by Crippen LogP contribution is 2.44. The molecule has 1 aliphatic heterocycles. The number of aryl methyl sites for hydroxylation is 1. The molecular formula is C27H23BrFN3OS. The zero-order valence-electron chi connectivity index (χ0n) is 18.4.